The number of hydrogen-bond acceptors (Lipinski definition) is 3. The molecule has 3 aromatic rings. The van der Waals surface area contributed by atoms with E-state index >= 15 is 0 Å². The number of pyridine rings is 1. The molecule has 1 amide bonds. The number of nitrogens with zero attached hydrogens (tertiary/aromatic N) is 3. The lowest BCUT2D eigenvalue weighted by molar-refractivity contribution is -0.116. The van der Waals surface area contributed by atoms with Crippen molar-refractivity contribution in [3.63, 3.8) is 0 Å². The smallest absolute Gasteiger partial charge is 0.223 e. The maximum absolute atomic E-state index is 11.7. The third-order valence-electron chi connectivity index (χ3n) is 4.55. The maximum Gasteiger partial charge on any atom is 0.223 e. The summed E-state index contributed by atoms with van der Waals surface area (Å²) >= 11 is 0. The lowest BCUT2D eigenvalue weighted by atomic mass is 10.0. The van der Waals surface area contributed by atoms with Gasteiger partial charge in [-0.1, -0.05) is 6.07 Å². The fraction of sp³-hybridized carbons (Fsp3) is 0.222. The number of carbonyl (C=O) groups is 1. The summed E-state index contributed by atoms with van der Waals surface area (Å²) < 4.78 is 2.01. The fourth-order valence-corrected chi connectivity index (χ4v) is 3.36. The maximum atomic E-state index is 11.7. The standard InChI is InChI=1S/C18H18N4O/c1-11-17(20-18-15(19)4-3-8-21(11)18)14-5-6-16-13(10-14)7-9-22(16)12(2)23/h3-6,8,10H,7,9,19H2,1-2H3. The molecule has 5 nitrogen and oxygen atoms in total. The monoisotopic (exact) mass is 306 g/mol. The van der Waals surface area contributed by atoms with Gasteiger partial charge in [0.05, 0.1) is 11.4 Å². The molecule has 0 saturated carbocycles. The Morgan fingerprint density at radius 1 is 1.30 bits per heavy atom. The highest BCUT2D eigenvalue weighted by Gasteiger charge is 2.23. The molecule has 4 rings (SSSR count). The topological polar surface area (TPSA) is 63.6 Å². The molecule has 5 heteroatoms. The number of amides is 1. The summed E-state index contributed by atoms with van der Waals surface area (Å²) in [5.74, 6) is 0.0909. The van der Waals surface area contributed by atoms with Crippen LogP contribution >= 0.6 is 0 Å². The Labute approximate surface area is 134 Å². The van der Waals surface area contributed by atoms with Gasteiger partial charge in [0.1, 0.15) is 0 Å². The molecule has 0 fully saturated rings. The number of anilines is 2. The third-order valence-corrected chi connectivity index (χ3v) is 4.55. The molecule has 2 aromatic heterocycles. The Bertz CT molecular complexity index is 942. The molecule has 0 bridgehead atoms. The first kappa shape index (κ1) is 13.8. The zero-order chi connectivity index (χ0) is 16.1. The van der Waals surface area contributed by atoms with Crippen LogP contribution in [0.2, 0.25) is 0 Å². The van der Waals surface area contributed by atoms with Crippen LogP contribution in [0.3, 0.4) is 0 Å². The van der Waals surface area contributed by atoms with E-state index in [4.69, 9.17) is 10.7 Å². The van der Waals surface area contributed by atoms with Gasteiger partial charge in [-0.15, -0.1) is 0 Å². The van der Waals surface area contributed by atoms with Gasteiger partial charge in [-0.05, 0) is 43.2 Å². The molecule has 0 saturated heterocycles. The van der Waals surface area contributed by atoms with E-state index in [0.717, 1.165) is 41.3 Å². The molecule has 0 atom stereocenters. The van der Waals surface area contributed by atoms with E-state index in [2.05, 4.69) is 6.07 Å². The van der Waals surface area contributed by atoms with Gasteiger partial charge in [-0.3, -0.25) is 4.79 Å². The van der Waals surface area contributed by atoms with Crippen LogP contribution in [0, 0.1) is 6.92 Å². The van der Waals surface area contributed by atoms with E-state index in [1.807, 2.05) is 46.7 Å². The number of fused-ring (bicyclic) bond motifs is 2. The average Bonchev–Trinajstić information content (AvgIpc) is 3.09. The molecule has 1 aliphatic rings. The van der Waals surface area contributed by atoms with Crippen LogP contribution in [0.4, 0.5) is 11.4 Å². The summed E-state index contributed by atoms with van der Waals surface area (Å²) in [5.41, 5.74) is 12.8. The highest BCUT2D eigenvalue weighted by atomic mass is 16.2. The zero-order valence-corrected chi connectivity index (χ0v) is 13.2. The molecule has 0 unspecified atom stereocenters. The molecule has 1 aromatic carbocycles. The van der Waals surface area contributed by atoms with E-state index in [9.17, 15) is 4.79 Å². The molecule has 23 heavy (non-hydrogen) atoms. The minimum atomic E-state index is 0.0909. The summed E-state index contributed by atoms with van der Waals surface area (Å²) in [7, 11) is 0. The SMILES string of the molecule is CC(=O)N1CCc2cc(-c3nc4c(N)cccn4c3C)ccc21. The van der Waals surface area contributed by atoms with E-state index in [1.165, 1.54) is 5.56 Å². The van der Waals surface area contributed by atoms with E-state index in [1.54, 1.807) is 6.92 Å². The Balaban J connectivity index is 1.85. The van der Waals surface area contributed by atoms with Crippen LogP contribution in [0.1, 0.15) is 18.2 Å². The second-order valence-corrected chi connectivity index (χ2v) is 5.97. The van der Waals surface area contributed by atoms with Crippen LogP contribution in [-0.2, 0) is 11.2 Å². The summed E-state index contributed by atoms with van der Waals surface area (Å²) in [5, 5.41) is 0. The van der Waals surface area contributed by atoms with Crippen LogP contribution in [0.15, 0.2) is 36.5 Å². The first-order chi connectivity index (χ1) is 11.1. The van der Waals surface area contributed by atoms with E-state index < -0.39 is 0 Å². The minimum Gasteiger partial charge on any atom is -0.396 e. The Morgan fingerprint density at radius 3 is 2.87 bits per heavy atom. The van der Waals surface area contributed by atoms with Crippen molar-refractivity contribution in [1.82, 2.24) is 9.38 Å². The van der Waals surface area contributed by atoms with Gasteiger partial charge in [0, 0.05) is 36.6 Å². The molecular formula is C18H18N4O. The van der Waals surface area contributed by atoms with Crippen molar-refractivity contribution in [3.8, 4) is 11.3 Å². The van der Waals surface area contributed by atoms with Crippen LogP contribution < -0.4 is 10.6 Å². The number of rotatable bonds is 1. The Morgan fingerprint density at radius 2 is 2.13 bits per heavy atom. The van der Waals surface area contributed by atoms with Gasteiger partial charge in [0.15, 0.2) is 5.65 Å². The summed E-state index contributed by atoms with van der Waals surface area (Å²) in [6, 6.07) is 9.98. The number of benzene rings is 1. The van der Waals surface area contributed by atoms with E-state index in [0.29, 0.717) is 5.69 Å². The first-order valence-electron chi connectivity index (χ1n) is 7.71. The van der Waals surface area contributed by atoms with Crippen molar-refractivity contribution >= 4 is 22.9 Å². The van der Waals surface area contributed by atoms with Crippen molar-refractivity contribution < 1.29 is 4.79 Å². The zero-order valence-electron chi connectivity index (χ0n) is 13.2. The summed E-state index contributed by atoms with van der Waals surface area (Å²) in [6.45, 7) is 4.41. The van der Waals surface area contributed by atoms with Crippen molar-refractivity contribution in [2.75, 3.05) is 17.2 Å². The van der Waals surface area contributed by atoms with Crippen molar-refractivity contribution in [3.05, 3.63) is 47.8 Å². The van der Waals surface area contributed by atoms with Gasteiger partial charge < -0.3 is 15.0 Å². The van der Waals surface area contributed by atoms with Crippen molar-refractivity contribution in [2.24, 2.45) is 0 Å². The minimum absolute atomic E-state index is 0.0909. The normalized spacial score (nSPS) is 13.6. The molecule has 3 heterocycles. The van der Waals surface area contributed by atoms with Crippen LogP contribution in [0.25, 0.3) is 16.9 Å². The summed E-state index contributed by atoms with van der Waals surface area (Å²) in [6.07, 6.45) is 2.86. The molecular weight excluding hydrogens is 288 g/mol. The predicted octanol–water partition coefficient (Wildman–Crippen LogP) is 2.80. The predicted molar refractivity (Wildman–Crippen MR) is 91.5 cm³/mol. The number of hydrogen-bond donors (Lipinski definition) is 1. The first-order valence-corrected chi connectivity index (χ1v) is 7.71. The van der Waals surface area contributed by atoms with E-state index in [-0.39, 0.29) is 5.91 Å². The van der Waals surface area contributed by atoms with Crippen molar-refractivity contribution in [2.45, 2.75) is 20.3 Å². The molecule has 0 aliphatic carbocycles. The molecule has 1 aliphatic heterocycles. The third kappa shape index (κ3) is 2.00. The number of carbonyl (C=O) groups excluding carboxylic acids is 1. The molecule has 0 spiro atoms. The lowest BCUT2D eigenvalue weighted by Crippen LogP contribution is -2.25. The lowest BCUT2D eigenvalue weighted by Gasteiger charge is -2.14. The highest BCUT2D eigenvalue weighted by molar-refractivity contribution is 5.94. The van der Waals surface area contributed by atoms with Gasteiger partial charge in [-0.2, -0.15) is 0 Å². The number of imidazole rings is 1. The molecule has 2 N–H and O–H groups in total. The van der Waals surface area contributed by atoms with Crippen molar-refractivity contribution in [1.29, 1.82) is 0 Å². The van der Waals surface area contributed by atoms with Gasteiger partial charge in [-0.25, -0.2) is 4.98 Å². The average molecular weight is 306 g/mol. The van der Waals surface area contributed by atoms with Gasteiger partial charge >= 0.3 is 0 Å². The second kappa shape index (κ2) is 4.84. The fourth-order valence-electron chi connectivity index (χ4n) is 3.36. The quantitative estimate of drug-likeness (QED) is 0.752. The highest BCUT2D eigenvalue weighted by Crippen LogP contribution is 2.33. The molecule has 0 radical (unpaired) electrons. The number of aromatic nitrogens is 2. The Kier molecular flexibility index (Phi) is 2.91. The largest absolute Gasteiger partial charge is 0.396 e. The van der Waals surface area contributed by atoms with Gasteiger partial charge in [0.25, 0.3) is 0 Å². The Hall–Kier alpha value is -2.82. The summed E-state index contributed by atoms with van der Waals surface area (Å²) in [4.78, 5) is 18.2. The van der Waals surface area contributed by atoms with Crippen LogP contribution in [-0.4, -0.2) is 21.8 Å². The number of nitrogen functional groups attached to an aromatic ring is 1. The second-order valence-electron chi connectivity index (χ2n) is 5.97. The number of nitrogens with two attached hydrogens (primary N) is 1. The van der Waals surface area contributed by atoms with Gasteiger partial charge in [0.2, 0.25) is 5.91 Å². The van der Waals surface area contributed by atoms with Crippen LogP contribution in [0.5, 0.6) is 0 Å². The molecule has 116 valence electrons. The number of aryl methyl sites for hydroxylation is 1.